The summed E-state index contributed by atoms with van der Waals surface area (Å²) in [5.74, 6) is -0.626. The number of aromatic nitrogens is 3. The number of hydrogen-bond donors (Lipinski definition) is 2. The van der Waals surface area contributed by atoms with Gasteiger partial charge in [0.25, 0.3) is 0 Å². The maximum Gasteiger partial charge on any atom is 0.419 e. The van der Waals surface area contributed by atoms with Crippen molar-refractivity contribution in [3.63, 3.8) is 0 Å². The standard InChI is InChI=1S/C17H14N4O3/c22-16(19-12-5-6-13-11(9-12)10-18-20-13)7-8-21-14-3-1-2-4-15(14)24-17(21)23/h1-6,9-10H,7-8H2,(H,18,20)(H,19,22). The summed E-state index contributed by atoms with van der Waals surface area (Å²) in [7, 11) is 0. The zero-order valence-electron chi connectivity index (χ0n) is 12.7. The van der Waals surface area contributed by atoms with Gasteiger partial charge in [-0.25, -0.2) is 4.79 Å². The molecule has 2 aromatic heterocycles. The van der Waals surface area contributed by atoms with E-state index < -0.39 is 5.76 Å². The lowest BCUT2D eigenvalue weighted by Gasteiger charge is -2.06. The number of anilines is 1. The lowest BCUT2D eigenvalue weighted by Crippen LogP contribution is -2.19. The molecule has 0 unspecified atom stereocenters. The van der Waals surface area contributed by atoms with Crippen molar-refractivity contribution in [1.82, 2.24) is 14.8 Å². The Morgan fingerprint density at radius 1 is 1.25 bits per heavy atom. The third-order valence-corrected chi connectivity index (χ3v) is 3.86. The largest absolute Gasteiger partial charge is 0.419 e. The molecule has 0 saturated heterocycles. The van der Waals surface area contributed by atoms with Crippen LogP contribution in [0, 0.1) is 0 Å². The molecular weight excluding hydrogens is 308 g/mol. The Morgan fingerprint density at radius 2 is 2.12 bits per heavy atom. The maximum atomic E-state index is 12.1. The highest BCUT2D eigenvalue weighted by Crippen LogP contribution is 2.17. The molecule has 7 nitrogen and oxygen atoms in total. The first-order valence-corrected chi connectivity index (χ1v) is 7.52. The number of carbonyl (C=O) groups is 1. The molecule has 4 aromatic rings. The van der Waals surface area contributed by atoms with Gasteiger partial charge in [0.15, 0.2) is 5.58 Å². The molecule has 0 fully saturated rings. The number of H-pyrrole nitrogens is 1. The zero-order valence-corrected chi connectivity index (χ0v) is 12.7. The molecule has 0 spiro atoms. The number of hydrogen-bond acceptors (Lipinski definition) is 4. The van der Waals surface area contributed by atoms with Crippen molar-refractivity contribution in [3.05, 3.63) is 59.2 Å². The molecule has 2 aromatic carbocycles. The molecule has 0 aliphatic rings. The summed E-state index contributed by atoms with van der Waals surface area (Å²) in [4.78, 5) is 24.0. The van der Waals surface area contributed by atoms with Gasteiger partial charge in [0.05, 0.1) is 17.2 Å². The fourth-order valence-corrected chi connectivity index (χ4v) is 2.68. The molecule has 0 saturated carbocycles. The van der Waals surface area contributed by atoms with Crippen LogP contribution < -0.4 is 11.1 Å². The van der Waals surface area contributed by atoms with E-state index in [-0.39, 0.29) is 18.9 Å². The number of rotatable bonds is 4. The van der Waals surface area contributed by atoms with Crippen molar-refractivity contribution in [3.8, 4) is 0 Å². The molecule has 1 amide bonds. The van der Waals surface area contributed by atoms with Crippen LogP contribution in [0.3, 0.4) is 0 Å². The first kappa shape index (κ1) is 14.3. The van der Waals surface area contributed by atoms with E-state index in [4.69, 9.17) is 4.42 Å². The Morgan fingerprint density at radius 3 is 3.04 bits per heavy atom. The first-order chi connectivity index (χ1) is 11.7. The highest BCUT2D eigenvalue weighted by atomic mass is 16.4. The van der Waals surface area contributed by atoms with Crippen molar-refractivity contribution in [1.29, 1.82) is 0 Å². The molecule has 2 N–H and O–H groups in total. The van der Waals surface area contributed by atoms with E-state index in [1.807, 2.05) is 18.2 Å². The molecule has 7 heteroatoms. The molecule has 0 aliphatic carbocycles. The number of fused-ring (bicyclic) bond motifs is 2. The molecule has 2 heterocycles. The summed E-state index contributed by atoms with van der Waals surface area (Å²) in [6.07, 6.45) is 1.87. The molecule has 4 rings (SSSR count). The van der Waals surface area contributed by atoms with Crippen LogP contribution in [0.2, 0.25) is 0 Å². The van der Waals surface area contributed by atoms with Gasteiger partial charge in [-0.15, -0.1) is 0 Å². The minimum atomic E-state index is -0.455. The van der Waals surface area contributed by atoms with E-state index in [0.29, 0.717) is 16.8 Å². The highest BCUT2D eigenvalue weighted by molar-refractivity contribution is 5.93. The molecular formula is C17H14N4O3. The van der Waals surface area contributed by atoms with Gasteiger partial charge in [-0.1, -0.05) is 12.1 Å². The lowest BCUT2D eigenvalue weighted by atomic mass is 10.2. The number of amides is 1. The van der Waals surface area contributed by atoms with Crippen LogP contribution in [0.15, 0.2) is 57.9 Å². The molecule has 24 heavy (non-hydrogen) atoms. The summed E-state index contributed by atoms with van der Waals surface area (Å²) < 4.78 is 6.62. The van der Waals surface area contributed by atoms with Gasteiger partial charge < -0.3 is 9.73 Å². The summed E-state index contributed by atoms with van der Waals surface area (Å²) in [6.45, 7) is 0.260. The summed E-state index contributed by atoms with van der Waals surface area (Å²) in [6, 6.07) is 12.7. The van der Waals surface area contributed by atoms with E-state index in [2.05, 4.69) is 15.5 Å². The summed E-state index contributed by atoms with van der Waals surface area (Å²) in [5.41, 5.74) is 2.81. The zero-order chi connectivity index (χ0) is 16.5. The van der Waals surface area contributed by atoms with Crippen LogP contribution in [-0.2, 0) is 11.3 Å². The second kappa shape index (κ2) is 5.69. The third kappa shape index (κ3) is 2.56. The fourth-order valence-electron chi connectivity index (χ4n) is 2.68. The SMILES string of the molecule is O=C(CCn1c(=O)oc2ccccc21)Nc1ccc2[nH]ncc2c1. The van der Waals surface area contributed by atoms with E-state index in [1.165, 1.54) is 4.57 Å². The van der Waals surface area contributed by atoms with Crippen LogP contribution in [-0.4, -0.2) is 20.7 Å². The highest BCUT2D eigenvalue weighted by Gasteiger charge is 2.10. The topological polar surface area (TPSA) is 92.9 Å². The van der Waals surface area contributed by atoms with Gasteiger partial charge >= 0.3 is 5.76 Å². The number of benzene rings is 2. The van der Waals surface area contributed by atoms with Crippen molar-refractivity contribution in [2.45, 2.75) is 13.0 Å². The average molecular weight is 322 g/mol. The second-order valence-electron chi connectivity index (χ2n) is 5.46. The van der Waals surface area contributed by atoms with E-state index in [0.717, 1.165) is 10.9 Å². The van der Waals surface area contributed by atoms with Crippen LogP contribution in [0.5, 0.6) is 0 Å². The Hall–Kier alpha value is -3.35. The monoisotopic (exact) mass is 322 g/mol. The van der Waals surface area contributed by atoms with E-state index in [9.17, 15) is 9.59 Å². The number of nitrogens with one attached hydrogen (secondary N) is 2. The number of oxazole rings is 1. The Balaban J connectivity index is 1.47. The lowest BCUT2D eigenvalue weighted by molar-refractivity contribution is -0.116. The Kier molecular flexibility index (Phi) is 3.38. The minimum Gasteiger partial charge on any atom is -0.408 e. The molecule has 0 radical (unpaired) electrons. The van der Waals surface area contributed by atoms with Crippen LogP contribution >= 0.6 is 0 Å². The number of carbonyl (C=O) groups excluding carboxylic acids is 1. The maximum absolute atomic E-state index is 12.1. The number of nitrogens with zero attached hydrogens (tertiary/aromatic N) is 2. The quantitative estimate of drug-likeness (QED) is 0.604. The first-order valence-electron chi connectivity index (χ1n) is 7.52. The Bertz CT molecular complexity index is 1090. The van der Waals surface area contributed by atoms with Gasteiger partial charge in [-0.05, 0) is 30.3 Å². The van der Waals surface area contributed by atoms with Crippen molar-refractivity contribution in [2.75, 3.05) is 5.32 Å². The normalized spacial score (nSPS) is 11.2. The summed E-state index contributed by atoms with van der Waals surface area (Å²) >= 11 is 0. The number of aryl methyl sites for hydroxylation is 1. The minimum absolute atomic E-state index is 0.171. The van der Waals surface area contributed by atoms with Gasteiger partial charge in [0.1, 0.15) is 0 Å². The van der Waals surface area contributed by atoms with Gasteiger partial charge in [-0.3, -0.25) is 14.5 Å². The molecule has 0 bridgehead atoms. The predicted octanol–water partition coefficient (Wildman–Crippen LogP) is 2.50. The Labute approximate surface area is 135 Å². The second-order valence-corrected chi connectivity index (χ2v) is 5.46. The van der Waals surface area contributed by atoms with E-state index >= 15 is 0 Å². The van der Waals surface area contributed by atoms with Gasteiger partial charge in [0, 0.05) is 24.0 Å². The van der Waals surface area contributed by atoms with Crippen LogP contribution in [0.1, 0.15) is 6.42 Å². The van der Waals surface area contributed by atoms with Crippen LogP contribution in [0.25, 0.3) is 22.0 Å². The van der Waals surface area contributed by atoms with Crippen molar-refractivity contribution in [2.24, 2.45) is 0 Å². The number of para-hydroxylation sites is 2. The van der Waals surface area contributed by atoms with Gasteiger partial charge in [-0.2, -0.15) is 5.10 Å². The molecule has 120 valence electrons. The number of aromatic amines is 1. The van der Waals surface area contributed by atoms with Gasteiger partial charge in [0.2, 0.25) is 5.91 Å². The molecule has 0 aliphatic heterocycles. The smallest absolute Gasteiger partial charge is 0.408 e. The third-order valence-electron chi connectivity index (χ3n) is 3.86. The molecule has 0 atom stereocenters. The van der Waals surface area contributed by atoms with E-state index in [1.54, 1.807) is 30.5 Å². The predicted molar refractivity (Wildman–Crippen MR) is 89.8 cm³/mol. The van der Waals surface area contributed by atoms with Crippen molar-refractivity contribution < 1.29 is 9.21 Å². The summed E-state index contributed by atoms with van der Waals surface area (Å²) in [5, 5.41) is 10.5. The average Bonchev–Trinajstić information content (AvgIpc) is 3.16. The van der Waals surface area contributed by atoms with Crippen LogP contribution in [0.4, 0.5) is 5.69 Å². The van der Waals surface area contributed by atoms with Crippen molar-refractivity contribution >= 4 is 33.6 Å². The fraction of sp³-hybridized carbons (Fsp3) is 0.118.